The van der Waals surface area contributed by atoms with Gasteiger partial charge in [-0.25, -0.2) is 0 Å². The molecule has 25 heavy (non-hydrogen) atoms. The third-order valence-corrected chi connectivity index (χ3v) is 4.67. The van der Waals surface area contributed by atoms with Crippen LogP contribution < -0.4 is 5.32 Å². The van der Waals surface area contributed by atoms with E-state index < -0.39 is 6.04 Å². The van der Waals surface area contributed by atoms with Gasteiger partial charge in [0.1, 0.15) is 6.04 Å². The Balaban J connectivity index is 1.37. The normalized spacial score (nSPS) is 16.6. The lowest BCUT2D eigenvalue weighted by atomic mass is 9.77. The fourth-order valence-electron chi connectivity index (χ4n) is 3.11. The standard InChI is InChI=1S/C19H19N5O/c1-13(24-22-18(21-23-24)14-7-3-2-4-8-14)19(25)20-12-16-11-15-9-5-6-10-17(15)16/h2-10,13,16H,11-12H2,1H3,(H,20,25). The maximum atomic E-state index is 12.4. The van der Waals surface area contributed by atoms with E-state index in [9.17, 15) is 4.79 Å². The summed E-state index contributed by atoms with van der Waals surface area (Å²) in [5.74, 6) is 0.825. The Kier molecular flexibility index (Phi) is 4.01. The number of nitrogens with zero attached hydrogens (tertiary/aromatic N) is 4. The number of rotatable bonds is 5. The van der Waals surface area contributed by atoms with Crippen molar-refractivity contribution in [3.05, 3.63) is 65.7 Å². The molecule has 0 aliphatic heterocycles. The average Bonchev–Trinajstić information content (AvgIpc) is 3.12. The van der Waals surface area contributed by atoms with Gasteiger partial charge in [-0.05, 0) is 29.7 Å². The predicted octanol–water partition coefficient (Wildman–Crippen LogP) is 2.36. The molecule has 4 rings (SSSR count). The lowest BCUT2D eigenvalue weighted by Crippen LogP contribution is -2.37. The zero-order valence-corrected chi connectivity index (χ0v) is 14.0. The first-order valence-electron chi connectivity index (χ1n) is 8.43. The maximum Gasteiger partial charge on any atom is 0.246 e. The summed E-state index contributed by atoms with van der Waals surface area (Å²) in [5, 5.41) is 15.4. The Morgan fingerprint density at radius 3 is 2.76 bits per heavy atom. The van der Waals surface area contributed by atoms with E-state index in [1.807, 2.05) is 36.4 Å². The molecule has 1 aliphatic rings. The summed E-state index contributed by atoms with van der Waals surface area (Å²) in [4.78, 5) is 13.8. The van der Waals surface area contributed by atoms with Gasteiger partial charge in [0.25, 0.3) is 0 Å². The van der Waals surface area contributed by atoms with E-state index in [0.29, 0.717) is 18.3 Å². The Bertz CT molecular complexity index is 890. The second-order valence-corrected chi connectivity index (χ2v) is 6.32. The van der Waals surface area contributed by atoms with E-state index in [1.165, 1.54) is 15.9 Å². The molecule has 1 amide bonds. The van der Waals surface area contributed by atoms with Crippen LogP contribution in [0.4, 0.5) is 0 Å². The fraction of sp³-hybridized carbons (Fsp3) is 0.263. The Morgan fingerprint density at radius 1 is 1.20 bits per heavy atom. The number of carbonyl (C=O) groups is 1. The highest BCUT2D eigenvalue weighted by Crippen LogP contribution is 2.34. The zero-order valence-electron chi connectivity index (χ0n) is 14.0. The molecule has 0 saturated carbocycles. The van der Waals surface area contributed by atoms with Crippen LogP contribution in [-0.2, 0) is 11.2 Å². The van der Waals surface area contributed by atoms with Crippen LogP contribution in [0.15, 0.2) is 54.6 Å². The molecule has 0 fully saturated rings. The maximum absolute atomic E-state index is 12.4. The minimum absolute atomic E-state index is 0.0959. The minimum Gasteiger partial charge on any atom is -0.354 e. The van der Waals surface area contributed by atoms with Crippen molar-refractivity contribution in [2.24, 2.45) is 0 Å². The van der Waals surface area contributed by atoms with E-state index in [-0.39, 0.29) is 5.91 Å². The van der Waals surface area contributed by atoms with Gasteiger partial charge in [0.05, 0.1) is 0 Å². The molecule has 3 aromatic rings. The van der Waals surface area contributed by atoms with Gasteiger partial charge in [-0.1, -0.05) is 54.6 Å². The lowest BCUT2D eigenvalue weighted by Gasteiger charge is -2.30. The van der Waals surface area contributed by atoms with Crippen LogP contribution in [0.5, 0.6) is 0 Å². The molecule has 6 heteroatoms. The van der Waals surface area contributed by atoms with Crippen molar-refractivity contribution in [1.82, 2.24) is 25.5 Å². The van der Waals surface area contributed by atoms with E-state index in [2.05, 4.69) is 38.9 Å². The van der Waals surface area contributed by atoms with Crippen molar-refractivity contribution in [3.63, 3.8) is 0 Å². The van der Waals surface area contributed by atoms with E-state index in [1.54, 1.807) is 6.92 Å². The molecule has 1 N–H and O–H groups in total. The van der Waals surface area contributed by atoms with E-state index in [0.717, 1.165) is 12.0 Å². The molecule has 126 valence electrons. The summed E-state index contributed by atoms with van der Waals surface area (Å²) in [5.41, 5.74) is 3.59. The number of carbonyl (C=O) groups excluding carboxylic acids is 1. The third-order valence-electron chi connectivity index (χ3n) is 4.67. The summed E-state index contributed by atoms with van der Waals surface area (Å²) in [6.45, 7) is 2.42. The van der Waals surface area contributed by atoms with Crippen LogP contribution >= 0.6 is 0 Å². The lowest BCUT2D eigenvalue weighted by molar-refractivity contribution is -0.124. The van der Waals surface area contributed by atoms with Gasteiger partial charge in [0, 0.05) is 18.0 Å². The average molecular weight is 333 g/mol. The smallest absolute Gasteiger partial charge is 0.246 e. The number of benzene rings is 2. The zero-order chi connectivity index (χ0) is 17.2. The largest absolute Gasteiger partial charge is 0.354 e. The van der Waals surface area contributed by atoms with Crippen molar-refractivity contribution < 1.29 is 4.79 Å². The van der Waals surface area contributed by atoms with Gasteiger partial charge in [-0.2, -0.15) is 4.80 Å². The summed E-state index contributed by atoms with van der Waals surface area (Å²) in [6, 6.07) is 17.5. The number of aromatic nitrogens is 4. The van der Waals surface area contributed by atoms with Crippen LogP contribution in [0.1, 0.15) is 30.0 Å². The highest BCUT2D eigenvalue weighted by molar-refractivity contribution is 5.79. The number of fused-ring (bicyclic) bond motifs is 1. The van der Waals surface area contributed by atoms with Crippen molar-refractivity contribution in [3.8, 4) is 11.4 Å². The van der Waals surface area contributed by atoms with Gasteiger partial charge < -0.3 is 5.32 Å². The van der Waals surface area contributed by atoms with Crippen molar-refractivity contribution in [2.75, 3.05) is 6.54 Å². The Labute approximate surface area is 145 Å². The summed E-state index contributed by atoms with van der Waals surface area (Å²) in [6.07, 6.45) is 1.02. The van der Waals surface area contributed by atoms with E-state index in [4.69, 9.17) is 0 Å². The summed E-state index contributed by atoms with van der Waals surface area (Å²) >= 11 is 0. The topological polar surface area (TPSA) is 72.7 Å². The first-order valence-corrected chi connectivity index (χ1v) is 8.43. The van der Waals surface area contributed by atoms with Crippen molar-refractivity contribution >= 4 is 5.91 Å². The SMILES string of the molecule is CC(C(=O)NCC1Cc2ccccc21)n1nnc(-c2ccccc2)n1. The number of hydrogen-bond donors (Lipinski definition) is 1. The van der Waals surface area contributed by atoms with E-state index >= 15 is 0 Å². The first kappa shape index (κ1) is 15.5. The molecule has 2 unspecified atom stereocenters. The number of tetrazole rings is 1. The van der Waals surface area contributed by atoms with Crippen LogP contribution in [0, 0.1) is 0 Å². The second kappa shape index (κ2) is 6.47. The van der Waals surface area contributed by atoms with Gasteiger partial charge in [-0.15, -0.1) is 10.2 Å². The number of nitrogens with one attached hydrogen (secondary N) is 1. The van der Waals surface area contributed by atoms with Gasteiger partial charge in [-0.3, -0.25) is 4.79 Å². The first-order chi connectivity index (χ1) is 12.2. The van der Waals surface area contributed by atoms with Crippen LogP contribution in [0.25, 0.3) is 11.4 Å². The molecule has 0 saturated heterocycles. The molecule has 1 aliphatic carbocycles. The summed E-state index contributed by atoms with van der Waals surface area (Å²) in [7, 11) is 0. The van der Waals surface area contributed by atoms with Gasteiger partial charge >= 0.3 is 0 Å². The molecular formula is C19H19N5O. The number of hydrogen-bond acceptors (Lipinski definition) is 4. The molecule has 0 spiro atoms. The Morgan fingerprint density at radius 2 is 1.96 bits per heavy atom. The third kappa shape index (κ3) is 3.03. The molecule has 2 aromatic carbocycles. The van der Waals surface area contributed by atoms with Crippen molar-refractivity contribution in [1.29, 1.82) is 0 Å². The molecule has 6 nitrogen and oxygen atoms in total. The molecular weight excluding hydrogens is 314 g/mol. The van der Waals surface area contributed by atoms with Crippen LogP contribution in [0.2, 0.25) is 0 Å². The molecule has 1 heterocycles. The Hall–Kier alpha value is -3.02. The highest BCUT2D eigenvalue weighted by Gasteiger charge is 2.27. The van der Waals surface area contributed by atoms with Crippen molar-refractivity contribution in [2.45, 2.75) is 25.3 Å². The summed E-state index contributed by atoms with van der Waals surface area (Å²) < 4.78 is 0. The molecule has 0 bridgehead atoms. The second-order valence-electron chi connectivity index (χ2n) is 6.32. The predicted molar refractivity (Wildman–Crippen MR) is 93.9 cm³/mol. The molecule has 0 radical (unpaired) electrons. The minimum atomic E-state index is -0.500. The quantitative estimate of drug-likeness (QED) is 0.778. The highest BCUT2D eigenvalue weighted by atomic mass is 16.2. The number of amides is 1. The fourth-order valence-corrected chi connectivity index (χ4v) is 3.11. The molecule has 1 aromatic heterocycles. The van der Waals surface area contributed by atoms with Crippen LogP contribution in [-0.4, -0.2) is 32.7 Å². The van der Waals surface area contributed by atoms with Crippen LogP contribution in [0.3, 0.4) is 0 Å². The molecule has 2 atom stereocenters. The monoisotopic (exact) mass is 333 g/mol. The van der Waals surface area contributed by atoms with Gasteiger partial charge in [0.15, 0.2) is 0 Å². The van der Waals surface area contributed by atoms with Gasteiger partial charge in [0.2, 0.25) is 11.7 Å².